The Balaban J connectivity index is 1.25. The number of rotatable bonds is 7. The third-order valence-corrected chi connectivity index (χ3v) is 10.1. The van der Waals surface area contributed by atoms with Crippen molar-refractivity contribution in [2.75, 3.05) is 0 Å². The minimum absolute atomic E-state index is 0.858. The molecular weight excluding hydrogens is 617 g/mol. The summed E-state index contributed by atoms with van der Waals surface area (Å²) >= 11 is 0. The fraction of sp³-hybridized carbons (Fsp3) is 0. The Morgan fingerprint density at radius 3 is 1.43 bits per heavy atom. The van der Waals surface area contributed by atoms with Gasteiger partial charge in [0.2, 0.25) is 0 Å². The van der Waals surface area contributed by atoms with E-state index in [4.69, 9.17) is 5.41 Å². The summed E-state index contributed by atoms with van der Waals surface area (Å²) in [6.45, 7) is 4.17. The van der Waals surface area contributed by atoms with Crippen molar-refractivity contribution in [3.05, 3.63) is 194 Å². The molecule has 9 aromatic rings. The molecule has 0 spiro atoms. The summed E-state index contributed by atoms with van der Waals surface area (Å²) in [4.78, 5) is 0. The van der Waals surface area contributed by atoms with Gasteiger partial charge in [-0.1, -0.05) is 152 Å². The molecule has 0 fully saturated rings. The third-order valence-electron chi connectivity index (χ3n) is 10.1. The quantitative estimate of drug-likeness (QED) is 0.131. The van der Waals surface area contributed by atoms with Crippen LogP contribution in [0, 0.1) is 5.41 Å². The van der Waals surface area contributed by atoms with Crippen molar-refractivity contribution in [1.82, 2.24) is 4.57 Å². The number of fused-ring (bicyclic) bond motifs is 3. The van der Waals surface area contributed by atoms with Gasteiger partial charge in [-0.05, 0) is 102 Å². The van der Waals surface area contributed by atoms with Crippen LogP contribution in [0.4, 0.5) is 0 Å². The minimum Gasteiger partial charge on any atom is -0.309 e. The Bertz CT molecular complexity index is 2740. The molecule has 0 aliphatic carbocycles. The maximum absolute atomic E-state index is 8.49. The van der Waals surface area contributed by atoms with Gasteiger partial charge in [0, 0.05) is 22.9 Å². The number of nitrogens with zero attached hydrogens (tertiary/aromatic N) is 1. The lowest BCUT2D eigenvalue weighted by Crippen LogP contribution is -1.97. The first-order chi connectivity index (χ1) is 25.2. The second-order valence-corrected chi connectivity index (χ2v) is 12.9. The molecule has 0 amide bonds. The maximum Gasteiger partial charge on any atom is 0.0550 e. The van der Waals surface area contributed by atoms with Gasteiger partial charge < -0.3 is 9.98 Å². The van der Waals surface area contributed by atoms with Gasteiger partial charge in [-0.2, -0.15) is 0 Å². The lowest BCUT2D eigenvalue weighted by molar-refractivity contribution is 1.11. The van der Waals surface area contributed by atoms with E-state index in [2.05, 4.69) is 181 Å². The molecule has 0 saturated carbocycles. The number of hydrogen-bond donors (Lipinski definition) is 1. The summed E-state index contributed by atoms with van der Waals surface area (Å²) in [6.07, 6.45) is 3.33. The summed E-state index contributed by atoms with van der Waals surface area (Å²) in [7, 11) is 0. The highest BCUT2D eigenvalue weighted by Crippen LogP contribution is 2.45. The van der Waals surface area contributed by atoms with Gasteiger partial charge in [-0.25, -0.2) is 0 Å². The molecule has 1 N–H and O–H groups in total. The number of nitrogens with one attached hydrogen (secondary N) is 1. The van der Waals surface area contributed by atoms with E-state index in [0.29, 0.717) is 0 Å². The monoisotopic (exact) mass is 650 g/mol. The van der Waals surface area contributed by atoms with Gasteiger partial charge in [-0.15, -0.1) is 0 Å². The smallest absolute Gasteiger partial charge is 0.0550 e. The first-order valence-corrected chi connectivity index (χ1v) is 17.3. The van der Waals surface area contributed by atoms with E-state index in [1.807, 2.05) is 12.1 Å². The van der Waals surface area contributed by atoms with Gasteiger partial charge in [0.1, 0.15) is 0 Å². The Morgan fingerprint density at radius 1 is 0.412 bits per heavy atom. The molecule has 240 valence electrons. The van der Waals surface area contributed by atoms with Gasteiger partial charge in [0.05, 0.1) is 11.2 Å². The van der Waals surface area contributed by atoms with Crippen molar-refractivity contribution in [3.63, 3.8) is 0 Å². The SMILES string of the molecule is C=Cc1c(C=N)c2cc(-c3ccc4c(-c5ccccc5)c5ccccc5c(-c5ccccc5)c4c3)ccc2n1-c1ccc(-c2ccccc2)cc1. The molecule has 0 radical (unpaired) electrons. The van der Waals surface area contributed by atoms with Crippen LogP contribution < -0.4 is 0 Å². The highest BCUT2D eigenvalue weighted by atomic mass is 15.0. The topological polar surface area (TPSA) is 28.8 Å². The average Bonchev–Trinajstić information content (AvgIpc) is 3.53. The lowest BCUT2D eigenvalue weighted by atomic mass is 9.85. The molecule has 0 aliphatic rings. The number of aromatic nitrogens is 1. The van der Waals surface area contributed by atoms with Crippen LogP contribution in [0.5, 0.6) is 0 Å². The van der Waals surface area contributed by atoms with Crippen LogP contribution in [0.15, 0.2) is 183 Å². The Kier molecular flexibility index (Phi) is 7.48. The highest BCUT2D eigenvalue weighted by molar-refractivity contribution is 6.22. The van der Waals surface area contributed by atoms with Crippen LogP contribution >= 0.6 is 0 Å². The second kappa shape index (κ2) is 12.6. The van der Waals surface area contributed by atoms with Crippen molar-refractivity contribution < 1.29 is 0 Å². The van der Waals surface area contributed by atoms with Gasteiger partial charge in [-0.3, -0.25) is 0 Å². The van der Waals surface area contributed by atoms with Crippen molar-refractivity contribution in [3.8, 4) is 50.2 Å². The predicted molar refractivity (Wildman–Crippen MR) is 218 cm³/mol. The number of hydrogen-bond acceptors (Lipinski definition) is 1. The Morgan fingerprint density at radius 2 is 0.863 bits per heavy atom. The maximum atomic E-state index is 8.49. The molecular formula is C49H34N2. The molecule has 0 saturated heterocycles. The van der Waals surface area contributed by atoms with Crippen LogP contribution in [-0.4, -0.2) is 10.8 Å². The standard InChI is InChI=1S/C49H34N2/c1-2-46-45(32-50)43-30-38(25-29-47(43)51(46)39-26-22-34(23-27-39)33-14-6-3-7-15-33)37-24-28-42-44(31-37)49(36-18-10-5-11-19-36)41-21-13-12-20-40(41)48(42)35-16-8-4-9-17-35/h2-32,50H,1H2. The molecule has 0 bridgehead atoms. The van der Waals surface area contributed by atoms with Crippen molar-refractivity contribution >= 4 is 44.7 Å². The summed E-state index contributed by atoms with van der Waals surface area (Å²) in [5.41, 5.74) is 13.3. The lowest BCUT2D eigenvalue weighted by Gasteiger charge is -2.18. The largest absolute Gasteiger partial charge is 0.309 e. The van der Waals surface area contributed by atoms with Gasteiger partial charge in [0.25, 0.3) is 0 Å². The summed E-state index contributed by atoms with van der Waals surface area (Å²) in [5, 5.41) is 14.4. The van der Waals surface area contributed by atoms with Crippen LogP contribution in [0.25, 0.3) is 88.7 Å². The Labute approximate surface area is 297 Å². The molecule has 1 aromatic heterocycles. The molecule has 51 heavy (non-hydrogen) atoms. The zero-order valence-corrected chi connectivity index (χ0v) is 28.1. The molecule has 8 aromatic carbocycles. The zero-order chi connectivity index (χ0) is 34.3. The second-order valence-electron chi connectivity index (χ2n) is 12.9. The zero-order valence-electron chi connectivity index (χ0n) is 28.1. The van der Waals surface area contributed by atoms with Crippen molar-refractivity contribution in [2.24, 2.45) is 0 Å². The predicted octanol–water partition coefficient (Wildman–Crippen LogP) is 13.2. The van der Waals surface area contributed by atoms with E-state index in [-0.39, 0.29) is 0 Å². The summed E-state index contributed by atoms with van der Waals surface area (Å²) < 4.78 is 2.22. The van der Waals surface area contributed by atoms with Crippen LogP contribution in [0.2, 0.25) is 0 Å². The first kappa shape index (κ1) is 30.3. The van der Waals surface area contributed by atoms with E-state index in [0.717, 1.165) is 39.0 Å². The molecule has 0 unspecified atom stereocenters. The van der Waals surface area contributed by atoms with E-state index in [9.17, 15) is 0 Å². The highest BCUT2D eigenvalue weighted by Gasteiger charge is 2.19. The fourth-order valence-electron chi connectivity index (χ4n) is 7.77. The van der Waals surface area contributed by atoms with E-state index < -0.39 is 0 Å². The molecule has 0 atom stereocenters. The van der Waals surface area contributed by atoms with E-state index in [1.165, 1.54) is 61.1 Å². The van der Waals surface area contributed by atoms with Crippen molar-refractivity contribution in [2.45, 2.75) is 0 Å². The number of benzene rings is 8. The normalized spacial score (nSPS) is 11.3. The molecule has 2 nitrogen and oxygen atoms in total. The third kappa shape index (κ3) is 5.08. The van der Waals surface area contributed by atoms with Crippen LogP contribution in [0.3, 0.4) is 0 Å². The van der Waals surface area contributed by atoms with Crippen molar-refractivity contribution in [1.29, 1.82) is 5.41 Å². The molecule has 1 heterocycles. The van der Waals surface area contributed by atoms with Gasteiger partial charge >= 0.3 is 0 Å². The van der Waals surface area contributed by atoms with Gasteiger partial charge in [0.15, 0.2) is 0 Å². The van der Waals surface area contributed by atoms with Crippen LogP contribution in [-0.2, 0) is 0 Å². The molecule has 9 rings (SSSR count). The Hall–Kier alpha value is -6.77. The summed E-state index contributed by atoms with van der Waals surface area (Å²) in [6, 6.07) is 62.8. The van der Waals surface area contributed by atoms with E-state index in [1.54, 1.807) is 0 Å². The average molecular weight is 651 g/mol. The summed E-state index contributed by atoms with van der Waals surface area (Å²) in [5.74, 6) is 0. The minimum atomic E-state index is 0.858. The van der Waals surface area contributed by atoms with Crippen LogP contribution in [0.1, 0.15) is 11.3 Å². The molecule has 0 aliphatic heterocycles. The first-order valence-electron chi connectivity index (χ1n) is 17.3. The van der Waals surface area contributed by atoms with E-state index >= 15 is 0 Å². The fourth-order valence-corrected chi connectivity index (χ4v) is 7.77. The molecule has 2 heteroatoms.